The maximum Gasteiger partial charge on any atom is 0.261 e. The summed E-state index contributed by atoms with van der Waals surface area (Å²) in [6.45, 7) is 2.72. The molecule has 0 aliphatic rings. The first kappa shape index (κ1) is 19.5. The maximum absolute atomic E-state index is 12.4. The van der Waals surface area contributed by atoms with Crippen LogP contribution < -0.4 is 19.5 Å². The van der Waals surface area contributed by atoms with Gasteiger partial charge in [0.15, 0.2) is 6.10 Å². The number of rotatable bonds is 9. The van der Waals surface area contributed by atoms with Crippen LogP contribution in [-0.4, -0.2) is 32.3 Å². The Morgan fingerprint density at radius 2 is 1.61 bits per heavy atom. The summed E-state index contributed by atoms with van der Waals surface area (Å²) in [5, 5.41) is 5.17. The second kappa shape index (κ2) is 9.65. The third kappa shape index (κ3) is 5.16. The first-order valence-corrected chi connectivity index (χ1v) is 9.39. The number of hydrogen-bond acceptors (Lipinski definition) is 4. The van der Waals surface area contributed by atoms with E-state index in [2.05, 4.69) is 11.4 Å². The summed E-state index contributed by atoms with van der Waals surface area (Å²) in [7, 11) is 1.61. The number of carbonyl (C=O) groups excluding carboxylic acids is 1. The number of hydrogen-bond donors (Lipinski definition) is 1. The molecular formula is C23H25NO4. The molecule has 1 atom stereocenters. The van der Waals surface area contributed by atoms with Gasteiger partial charge in [-0.2, -0.15) is 0 Å². The van der Waals surface area contributed by atoms with Gasteiger partial charge in [0.05, 0.1) is 13.7 Å². The highest BCUT2D eigenvalue weighted by molar-refractivity contribution is 5.83. The molecule has 5 nitrogen and oxygen atoms in total. The minimum absolute atomic E-state index is 0.152. The molecule has 146 valence electrons. The molecule has 0 unspecified atom stereocenters. The van der Waals surface area contributed by atoms with Gasteiger partial charge in [-0.3, -0.25) is 4.79 Å². The molecule has 0 aromatic heterocycles. The van der Waals surface area contributed by atoms with Gasteiger partial charge in [-0.25, -0.2) is 0 Å². The molecule has 0 spiro atoms. The van der Waals surface area contributed by atoms with E-state index < -0.39 is 6.10 Å². The topological polar surface area (TPSA) is 56.8 Å². The second-order valence-corrected chi connectivity index (χ2v) is 6.34. The highest BCUT2D eigenvalue weighted by Gasteiger charge is 2.17. The summed E-state index contributed by atoms with van der Waals surface area (Å²) < 4.78 is 16.7. The van der Waals surface area contributed by atoms with Crippen molar-refractivity contribution in [3.05, 3.63) is 66.7 Å². The van der Waals surface area contributed by atoms with Crippen LogP contribution in [0.5, 0.6) is 17.2 Å². The standard InChI is InChI=1S/C23H25NO4/c1-3-22(28-20-12-10-19(26-2)11-13-20)23(25)24-14-15-27-21-9-8-17-6-4-5-7-18(17)16-21/h4-13,16,22H,3,14-15H2,1-2H3,(H,24,25)/t22-/m1/s1. The Balaban J connectivity index is 1.46. The van der Waals surface area contributed by atoms with Gasteiger partial charge in [0.1, 0.15) is 23.9 Å². The zero-order chi connectivity index (χ0) is 19.8. The first-order valence-electron chi connectivity index (χ1n) is 9.39. The van der Waals surface area contributed by atoms with Crippen molar-refractivity contribution in [2.75, 3.05) is 20.3 Å². The summed E-state index contributed by atoms with van der Waals surface area (Å²) in [4.78, 5) is 12.4. The van der Waals surface area contributed by atoms with Crippen LogP contribution in [0, 0.1) is 0 Å². The Bertz CT molecular complexity index is 908. The van der Waals surface area contributed by atoms with Crippen molar-refractivity contribution in [1.82, 2.24) is 5.32 Å². The number of benzene rings is 3. The molecule has 1 amide bonds. The third-order valence-corrected chi connectivity index (χ3v) is 4.39. The van der Waals surface area contributed by atoms with Crippen LogP contribution in [0.4, 0.5) is 0 Å². The zero-order valence-corrected chi connectivity index (χ0v) is 16.2. The van der Waals surface area contributed by atoms with E-state index in [-0.39, 0.29) is 5.91 Å². The van der Waals surface area contributed by atoms with Crippen LogP contribution in [0.2, 0.25) is 0 Å². The first-order chi connectivity index (χ1) is 13.7. The molecular weight excluding hydrogens is 354 g/mol. The number of fused-ring (bicyclic) bond motifs is 1. The molecule has 0 saturated heterocycles. The number of nitrogens with one attached hydrogen (secondary N) is 1. The van der Waals surface area contributed by atoms with Crippen LogP contribution in [0.1, 0.15) is 13.3 Å². The second-order valence-electron chi connectivity index (χ2n) is 6.34. The molecule has 1 N–H and O–H groups in total. The average molecular weight is 379 g/mol. The van der Waals surface area contributed by atoms with E-state index in [4.69, 9.17) is 14.2 Å². The lowest BCUT2D eigenvalue weighted by Gasteiger charge is -2.17. The number of methoxy groups -OCH3 is 1. The van der Waals surface area contributed by atoms with E-state index in [9.17, 15) is 4.79 Å². The molecule has 3 aromatic rings. The molecule has 5 heteroatoms. The van der Waals surface area contributed by atoms with Crippen LogP contribution in [0.15, 0.2) is 66.7 Å². The molecule has 0 radical (unpaired) electrons. The van der Waals surface area contributed by atoms with Gasteiger partial charge in [0.25, 0.3) is 5.91 Å². The van der Waals surface area contributed by atoms with E-state index in [0.29, 0.717) is 25.3 Å². The molecule has 0 aliphatic heterocycles. The molecule has 3 aromatic carbocycles. The van der Waals surface area contributed by atoms with Crippen LogP contribution in [0.25, 0.3) is 10.8 Å². The fourth-order valence-corrected chi connectivity index (χ4v) is 2.85. The van der Waals surface area contributed by atoms with Gasteiger partial charge in [0, 0.05) is 0 Å². The van der Waals surface area contributed by atoms with E-state index in [1.54, 1.807) is 31.4 Å². The fraction of sp³-hybridized carbons (Fsp3) is 0.261. The Hall–Kier alpha value is -3.21. The summed E-state index contributed by atoms with van der Waals surface area (Å²) in [5.74, 6) is 2.01. The largest absolute Gasteiger partial charge is 0.497 e. The Kier molecular flexibility index (Phi) is 6.73. The monoisotopic (exact) mass is 379 g/mol. The van der Waals surface area contributed by atoms with Crippen molar-refractivity contribution in [1.29, 1.82) is 0 Å². The van der Waals surface area contributed by atoms with Crippen molar-refractivity contribution >= 4 is 16.7 Å². The molecule has 3 rings (SSSR count). The maximum atomic E-state index is 12.4. The number of carbonyl (C=O) groups is 1. The third-order valence-electron chi connectivity index (χ3n) is 4.39. The van der Waals surface area contributed by atoms with E-state index in [1.807, 2.05) is 43.3 Å². The highest BCUT2D eigenvalue weighted by atomic mass is 16.5. The molecule has 0 aliphatic carbocycles. The predicted molar refractivity (Wildman–Crippen MR) is 110 cm³/mol. The van der Waals surface area contributed by atoms with Gasteiger partial charge >= 0.3 is 0 Å². The van der Waals surface area contributed by atoms with Gasteiger partial charge in [0.2, 0.25) is 0 Å². The van der Waals surface area contributed by atoms with Crippen molar-refractivity contribution in [2.45, 2.75) is 19.4 Å². The van der Waals surface area contributed by atoms with Crippen LogP contribution in [-0.2, 0) is 4.79 Å². The van der Waals surface area contributed by atoms with Crippen molar-refractivity contribution < 1.29 is 19.0 Å². The lowest BCUT2D eigenvalue weighted by atomic mass is 10.1. The number of amides is 1. The number of ether oxygens (including phenoxy) is 3. The van der Waals surface area contributed by atoms with Gasteiger partial charge in [-0.1, -0.05) is 37.3 Å². The summed E-state index contributed by atoms with van der Waals surface area (Å²) in [6.07, 6.45) is 0.0256. The summed E-state index contributed by atoms with van der Waals surface area (Å²) in [6, 6.07) is 21.3. The molecule has 0 heterocycles. The molecule has 28 heavy (non-hydrogen) atoms. The van der Waals surface area contributed by atoms with Gasteiger partial charge < -0.3 is 19.5 Å². The summed E-state index contributed by atoms with van der Waals surface area (Å²) >= 11 is 0. The van der Waals surface area contributed by atoms with E-state index >= 15 is 0 Å². The quantitative estimate of drug-likeness (QED) is 0.566. The van der Waals surface area contributed by atoms with Crippen molar-refractivity contribution in [3.63, 3.8) is 0 Å². The average Bonchev–Trinajstić information content (AvgIpc) is 2.75. The van der Waals surface area contributed by atoms with Gasteiger partial charge in [-0.15, -0.1) is 0 Å². The SMILES string of the molecule is CC[C@@H](Oc1ccc(OC)cc1)C(=O)NCCOc1ccc2ccccc2c1. The van der Waals surface area contributed by atoms with Crippen LogP contribution in [0.3, 0.4) is 0 Å². The minimum Gasteiger partial charge on any atom is -0.497 e. The smallest absolute Gasteiger partial charge is 0.261 e. The molecule has 0 bridgehead atoms. The molecule has 0 fully saturated rings. The Morgan fingerprint density at radius 3 is 2.32 bits per heavy atom. The van der Waals surface area contributed by atoms with Crippen LogP contribution >= 0.6 is 0 Å². The highest BCUT2D eigenvalue weighted by Crippen LogP contribution is 2.21. The fourth-order valence-electron chi connectivity index (χ4n) is 2.85. The van der Waals surface area contributed by atoms with Crippen molar-refractivity contribution in [2.24, 2.45) is 0 Å². The lowest BCUT2D eigenvalue weighted by Crippen LogP contribution is -2.39. The lowest BCUT2D eigenvalue weighted by molar-refractivity contribution is -0.128. The van der Waals surface area contributed by atoms with E-state index in [1.165, 1.54) is 5.39 Å². The Morgan fingerprint density at radius 1 is 0.929 bits per heavy atom. The zero-order valence-electron chi connectivity index (χ0n) is 16.2. The van der Waals surface area contributed by atoms with E-state index in [0.717, 1.165) is 16.9 Å². The van der Waals surface area contributed by atoms with Crippen molar-refractivity contribution in [3.8, 4) is 17.2 Å². The predicted octanol–water partition coefficient (Wildman–Crippen LogP) is 4.20. The summed E-state index contributed by atoms with van der Waals surface area (Å²) in [5.41, 5.74) is 0. The normalized spacial score (nSPS) is 11.6. The molecule has 0 saturated carbocycles. The minimum atomic E-state index is -0.547. The Labute approximate surface area is 165 Å². The van der Waals surface area contributed by atoms with Gasteiger partial charge in [-0.05, 0) is 53.6 Å².